The minimum absolute atomic E-state index is 0.192. The van der Waals surface area contributed by atoms with Crippen LogP contribution in [0, 0.1) is 3.57 Å². The number of amides is 1. The fourth-order valence-corrected chi connectivity index (χ4v) is 2.67. The van der Waals surface area contributed by atoms with E-state index in [1.165, 1.54) is 6.20 Å². The molecule has 104 valence electrons. The number of carbonyl (C=O) groups is 1. The molecule has 21 heavy (non-hydrogen) atoms. The normalized spacial score (nSPS) is 10.5. The highest BCUT2D eigenvalue weighted by molar-refractivity contribution is 14.1. The summed E-state index contributed by atoms with van der Waals surface area (Å²) in [5, 5.41) is 4.50. The van der Waals surface area contributed by atoms with E-state index in [9.17, 15) is 4.79 Å². The van der Waals surface area contributed by atoms with Crippen LogP contribution in [0.1, 0.15) is 10.4 Å². The number of pyridine rings is 1. The van der Waals surface area contributed by atoms with Crippen LogP contribution in [0.4, 0.5) is 11.5 Å². The molecule has 0 saturated heterocycles. The number of nitrogens with two attached hydrogens (primary N) is 1. The number of nitrogen functional groups attached to an aromatic ring is 1. The van der Waals surface area contributed by atoms with E-state index >= 15 is 0 Å². The number of fused-ring (bicyclic) bond motifs is 1. The predicted molar refractivity (Wildman–Crippen MR) is 93.3 cm³/mol. The number of benzene rings is 2. The highest BCUT2D eigenvalue weighted by Crippen LogP contribution is 2.24. The third-order valence-corrected chi connectivity index (χ3v) is 4.13. The number of aromatic nitrogens is 1. The molecule has 4 nitrogen and oxygen atoms in total. The van der Waals surface area contributed by atoms with Crippen molar-refractivity contribution >= 4 is 50.8 Å². The van der Waals surface area contributed by atoms with Gasteiger partial charge in [-0.25, -0.2) is 4.98 Å². The van der Waals surface area contributed by atoms with E-state index < -0.39 is 0 Å². The first-order valence-electron chi connectivity index (χ1n) is 6.36. The van der Waals surface area contributed by atoms with E-state index in [0.717, 1.165) is 20.0 Å². The molecule has 1 amide bonds. The number of anilines is 2. The Morgan fingerprint density at radius 1 is 1.05 bits per heavy atom. The first-order chi connectivity index (χ1) is 10.2. The summed E-state index contributed by atoms with van der Waals surface area (Å²) in [6.07, 6.45) is 1.52. The molecular weight excluding hydrogens is 377 g/mol. The molecule has 3 N–H and O–H groups in total. The number of para-hydroxylation sites is 1. The largest absolute Gasteiger partial charge is 0.383 e. The van der Waals surface area contributed by atoms with Crippen molar-refractivity contribution in [3.63, 3.8) is 0 Å². The maximum absolute atomic E-state index is 12.5. The van der Waals surface area contributed by atoms with Crippen molar-refractivity contribution in [3.05, 3.63) is 63.9 Å². The summed E-state index contributed by atoms with van der Waals surface area (Å²) in [7, 11) is 0. The molecule has 0 aliphatic heterocycles. The van der Waals surface area contributed by atoms with Gasteiger partial charge in [-0.15, -0.1) is 0 Å². The maximum atomic E-state index is 12.5. The van der Waals surface area contributed by atoms with Crippen LogP contribution in [0.3, 0.4) is 0 Å². The Labute approximate surface area is 135 Å². The molecule has 0 aliphatic carbocycles. The molecule has 0 bridgehead atoms. The molecule has 0 unspecified atom stereocenters. The average molecular weight is 389 g/mol. The number of hydrogen-bond acceptors (Lipinski definition) is 3. The van der Waals surface area contributed by atoms with E-state index in [4.69, 9.17) is 5.73 Å². The molecule has 3 rings (SSSR count). The van der Waals surface area contributed by atoms with Gasteiger partial charge in [-0.05, 0) is 40.1 Å². The molecule has 1 heterocycles. The van der Waals surface area contributed by atoms with Gasteiger partial charge in [0.1, 0.15) is 5.82 Å². The Morgan fingerprint density at radius 2 is 1.71 bits per heavy atom. The smallest absolute Gasteiger partial charge is 0.257 e. The van der Waals surface area contributed by atoms with Crippen molar-refractivity contribution in [3.8, 4) is 0 Å². The maximum Gasteiger partial charge on any atom is 0.257 e. The van der Waals surface area contributed by atoms with Crippen LogP contribution in [0.2, 0.25) is 0 Å². The monoisotopic (exact) mass is 389 g/mol. The zero-order valence-electron chi connectivity index (χ0n) is 11.0. The Bertz CT molecular complexity index is 833. The van der Waals surface area contributed by atoms with E-state index in [-0.39, 0.29) is 5.91 Å². The second-order valence-corrected chi connectivity index (χ2v) is 5.70. The summed E-state index contributed by atoms with van der Waals surface area (Å²) < 4.78 is 0.983. The zero-order chi connectivity index (χ0) is 14.8. The van der Waals surface area contributed by atoms with Crippen molar-refractivity contribution in [1.82, 2.24) is 4.98 Å². The van der Waals surface area contributed by atoms with Crippen molar-refractivity contribution in [2.45, 2.75) is 0 Å². The molecule has 1 aromatic heterocycles. The molecule has 0 fully saturated rings. The van der Waals surface area contributed by atoms with Crippen molar-refractivity contribution in [2.75, 3.05) is 11.1 Å². The Kier molecular flexibility index (Phi) is 3.74. The quantitative estimate of drug-likeness (QED) is 0.658. The van der Waals surface area contributed by atoms with Crippen LogP contribution < -0.4 is 11.1 Å². The molecule has 5 heteroatoms. The number of halogens is 1. The van der Waals surface area contributed by atoms with Crippen molar-refractivity contribution < 1.29 is 4.79 Å². The Morgan fingerprint density at radius 3 is 2.48 bits per heavy atom. The van der Waals surface area contributed by atoms with E-state index in [2.05, 4.69) is 32.9 Å². The average Bonchev–Trinajstić information content (AvgIpc) is 2.50. The van der Waals surface area contributed by atoms with Gasteiger partial charge in [0.2, 0.25) is 0 Å². The molecule has 0 saturated carbocycles. The zero-order valence-corrected chi connectivity index (χ0v) is 13.2. The van der Waals surface area contributed by atoms with Crippen molar-refractivity contribution in [2.24, 2.45) is 0 Å². The van der Waals surface area contributed by atoms with Gasteiger partial charge >= 0.3 is 0 Å². The lowest BCUT2D eigenvalue weighted by Gasteiger charge is -2.10. The van der Waals surface area contributed by atoms with Crippen molar-refractivity contribution in [1.29, 1.82) is 0 Å². The second kappa shape index (κ2) is 5.69. The van der Waals surface area contributed by atoms with Gasteiger partial charge < -0.3 is 11.1 Å². The van der Waals surface area contributed by atoms with E-state index in [0.29, 0.717) is 11.4 Å². The van der Waals surface area contributed by atoms with Gasteiger partial charge in [0.15, 0.2) is 0 Å². The Balaban J connectivity index is 2.03. The topological polar surface area (TPSA) is 68.0 Å². The summed E-state index contributed by atoms with van der Waals surface area (Å²) in [5.74, 6) is 0.235. The fraction of sp³-hybridized carbons (Fsp3) is 0. The Hall–Kier alpha value is -2.15. The number of hydrogen-bond donors (Lipinski definition) is 2. The molecule has 3 aromatic rings. The second-order valence-electron chi connectivity index (χ2n) is 4.54. The van der Waals surface area contributed by atoms with Gasteiger partial charge in [-0.2, -0.15) is 0 Å². The summed E-state index contributed by atoms with van der Waals surface area (Å²) in [4.78, 5) is 16.6. The summed E-state index contributed by atoms with van der Waals surface area (Å²) >= 11 is 2.19. The van der Waals surface area contributed by atoms with Crippen LogP contribution in [0.5, 0.6) is 0 Å². The lowest BCUT2D eigenvalue weighted by Crippen LogP contribution is -2.14. The van der Waals surface area contributed by atoms with Gasteiger partial charge in [-0.3, -0.25) is 4.79 Å². The molecular formula is C16H12IN3O. The van der Waals surface area contributed by atoms with Gasteiger partial charge in [0.25, 0.3) is 5.91 Å². The first-order valence-corrected chi connectivity index (χ1v) is 7.44. The van der Waals surface area contributed by atoms with Gasteiger partial charge in [0, 0.05) is 15.2 Å². The number of rotatable bonds is 2. The molecule has 2 aromatic carbocycles. The number of carbonyl (C=O) groups excluding carboxylic acids is 1. The molecule has 0 spiro atoms. The van der Waals surface area contributed by atoms with Crippen LogP contribution in [-0.4, -0.2) is 10.9 Å². The first kappa shape index (κ1) is 13.8. The third-order valence-electron chi connectivity index (χ3n) is 3.19. The van der Waals surface area contributed by atoms with Crippen LogP contribution in [0.25, 0.3) is 10.8 Å². The third kappa shape index (κ3) is 2.69. The predicted octanol–water partition coefficient (Wildman–Crippen LogP) is 3.67. The fourth-order valence-electron chi connectivity index (χ4n) is 2.15. The molecule has 0 aliphatic rings. The molecule has 0 atom stereocenters. The van der Waals surface area contributed by atoms with E-state index in [1.54, 1.807) is 0 Å². The van der Waals surface area contributed by atoms with Gasteiger partial charge in [-0.1, -0.05) is 36.4 Å². The summed E-state index contributed by atoms with van der Waals surface area (Å²) in [6, 6.07) is 15.1. The minimum atomic E-state index is -0.192. The lowest BCUT2D eigenvalue weighted by atomic mass is 10.1. The van der Waals surface area contributed by atoms with E-state index in [1.807, 2.05) is 48.5 Å². The summed E-state index contributed by atoms with van der Waals surface area (Å²) in [5.41, 5.74) is 7.15. The van der Waals surface area contributed by atoms with Gasteiger partial charge in [0.05, 0.1) is 11.3 Å². The SMILES string of the molecule is Nc1ncc(C(=O)Nc2ccccc2I)c2ccccc12. The number of nitrogens with zero attached hydrogens (tertiary/aromatic N) is 1. The summed E-state index contributed by atoms with van der Waals surface area (Å²) in [6.45, 7) is 0. The minimum Gasteiger partial charge on any atom is -0.383 e. The molecule has 0 radical (unpaired) electrons. The number of nitrogens with one attached hydrogen (secondary N) is 1. The van der Waals surface area contributed by atoms with Crippen LogP contribution in [-0.2, 0) is 0 Å². The van der Waals surface area contributed by atoms with Crippen LogP contribution >= 0.6 is 22.6 Å². The highest BCUT2D eigenvalue weighted by atomic mass is 127. The van der Waals surface area contributed by atoms with Crippen LogP contribution in [0.15, 0.2) is 54.7 Å². The standard InChI is InChI=1S/C16H12IN3O/c17-13-7-3-4-8-14(13)20-16(21)12-9-19-15(18)11-6-2-1-5-10(11)12/h1-9H,(H2,18,19)(H,20,21). The highest BCUT2D eigenvalue weighted by Gasteiger charge is 2.13. The lowest BCUT2D eigenvalue weighted by molar-refractivity contribution is 0.102.